The molecule has 3 rings (SSSR count). The predicted octanol–water partition coefficient (Wildman–Crippen LogP) is 3.60. The molecule has 30 heavy (non-hydrogen) atoms. The molecule has 1 saturated heterocycles. The van der Waals surface area contributed by atoms with E-state index in [1.54, 1.807) is 0 Å². The lowest BCUT2D eigenvalue weighted by molar-refractivity contribution is 0.0355. The summed E-state index contributed by atoms with van der Waals surface area (Å²) in [6.07, 6.45) is 6.12. The summed E-state index contributed by atoms with van der Waals surface area (Å²) in [6, 6.07) is 13.0. The minimum absolute atomic E-state index is 0. The van der Waals surface area contributed by atoms with Crippen LogP contribution in [-0.4, -0.2) is 42.4 Å². The minimum atomic E-state index is -0.0174. The zero-order valence-corrected chi connectivity index (χ0v) is 20.7. The van der Waals surface area contributed by atoms with Crippen molar-refractivity contribution in [1.29, 1.82) is 0 Å². The molecule has 1 aromatic heterocycles. The van der Waals surface area contributed by atoms with Crippen molar-refractivity contribution in [3.05, 3.63) is 59.9 Å². The zero-order valence-electron chi connectivity index (χ0n) is 18.4. The SMILES string of the molecule is CCNC(=NCc1ccn(C)c1)NCC1(NC(C)c2ccccc2)CCOCC1.I. The van der Waals surface area contributed by atoms with Crippen LogP contribution in [0.2, 0.25) is 0 Å². The topological polar surface area (TPSA) is 62.6 Å². The molecule has 0 bridgehead atoms. The van der Waals surface area contributed by atoms with Crippen LogP contribution >= 0.6 is 24.0 Å². The van der Waals surface area contributed by atoms with Crippen molar-refractivity contribution >= 4 is 29.9 Å². The van der Waals surface area contributed by atoms with Crippen molar-refractivity contribution < 1.29 is 4.74 Å². The molecular formula is C23H36IN5O. The van der Waals surface area contributed by atoms with Crippen LogP contribution in [0, 0.1) is 0 Å². The fraction of sp³-hybridized carbons (Fsp3) is 0.522. The smallest absolute Gasteiger partial charge is 0.191 e. The summed E-state index contributed by atoms with van der Waals surface area (Å²) in [6.45, 7) is 8.22. The lowest BCUT2D eigenvalue weighted by Gasteiger charge is -2.41. The second kappa shape index (κ2) is 12.3. The molecule has 1 aliphatic rings. The first-order valence-corrected chi connectivity index (χ1v) is 10.6. The summed E-state index contributed by atoms with van der Waals surface area (Å²) >= 11 is 0. The van der Waals surface area contributed by atoms with Gasteiger partial charge < -0.3 is 25.3 Å². The number of hydrogen-bond donors (Lipinski definition) is 3. The number of rotatable bonds is 8. The van der Waals surface area contributed by atoms with Crippen molar-refractivity contribution in [3.8, 4) is 0 Å². The third-order valence-corrected chi connectivity index (χ3v) is 5.52. The lowest BCUT2D eigenvalue weighted by Crippen LogP contribution is -2.58. The van der Waals surface area contributed by atoms with Gasteiger partial charge >= 0.3 is 0 Å². The fourth-order valence-electron chi connectivity index (χ4n) is 3.84. The van der Waals surface area contributed by atoms with Gasteiger partial charge in [-0.3, -0.25) is 0 Å². The third kappa shape index (κ3) is 7.28. The predicted molar refractivity (Wildman–Crippen MR) is 134 cm³/mol. The highest BCUT2D eigenvalue weighted by molar-refractivity contribution is 14.0. The molecular weight excluding hydrogens is 489 g/mol. The monoisotopic (exact) mass is 525 g/mol. The van der Waals surface area contributed by atoms with E-state index in [1.165, 1.54) is 11.1 Å². The van der Waals surface area contributed by atoms with Crippen LogP contribution in [0.4, 0.5) is 0 Å². The number of halogens is 1. The number of nitrogens with one attached hydrogen (secondary N) is 3. The Balaban J connectivity index is 0.00000320. The minimum Gasteiger partial charge on any atom is -0.381 e. The second-order valence-corrected chi connectivity index (χ2v) is 7.90. The van der Waals surface area contributed by atoms with E-state index in [9.17, 15) is 0 Å². The van der Waals surface area contributed by atoms with Crippen molar-refractivity contribution in [2.75, 3.05) is 26.3 Å². The maximum absolute atomic E-state index is 5.66. The first-order chi connectivity index (χ1) is 14.1. The second-order valence-electron chi connectivity index (χ2n) is 7.90. The summed E-state index contributed by atoms with van der Waals surface area (Å²) in [7, 11) is 2.03. The summed E-state index contributed by atoms with van der Waals surface area (Å²) in [5, 5.41) is 10.8. The average Bonchev–Trinajstić information content (AvgIpc) is 3.16. The normalized spacial score (nSPS) is 17.1. The first kappa shape index (κ1) is 24.7. The molecule has 7 heteroatoms. The molecule has 1 aromatic carbocycles. The number of benzene rings is 1. The van der Waals surface area contributed by atoms with E-state index in [1.807, 2.05) is 7.05 Å². The molecule has 1 fully saturated rings. The van der Waals surface area contributed by atoms with E-state index in [-0.39, 0.29) is 35.6 Å². The first-order valence-electron chi connectivity index (χ1n) is 10.6. The summed E-state index contributed by atoms with van der Waals surface area (Å²) in [5.74, 6) is 0.858. The van der Waals surface area contributed by atoms with Gasteiger partial charge in [0, 0.05) is 57.3 Å². The van der Waals surface area contributed by atoms with Crippen LogP contribution in [0.25, 0.3) is 0 Å². The number of nitrogens with zero attached hydrogens (tertiary/aromatic N) is 2. The van der Waals surface area contributed by atoms with Crippen molar-refractivity contribution in [1.82, 2.24) is 20.5 Å². The van der Waals surface area contributed by atoms with E-state index in [0.717, 1.165) is 45.1 Å². The van der Waals surface area contributed by atoms with Gasteiger partial charge in [-0.1, -0.05) is 30.3 Å². The van der Waals surface area contributed by atoms with Crippen molar-refractivity contribution in [2.45, 2.75) is 44.8 Å². The van der Waals surface area contributed by atoms with Crippen molar-refractivity contribution in [3.63, 3.8) is 0 Å². The van der Waals surface area contributed by atoms with Gasteiger partial charge in [-0.15, -0.1) is 24.0 Å². The molecule has 0 spiro atoms. The molecule has 166 valence electrons. The van der Waals surface area contributed by atoms with Gasteiger partial charge in [0.25, 0.3) is 0 Å². The summed E-state index contributed by atoms with van der Waals surface area (Å²) in [4.78, 5) is 4.77. The lowest BCUT2D eigenvalue weighted by atomic mass is 9.88. The number of aliphatic imine (C=N–C) groups is 1. The Hall–Kier alpha value is -1.58. The number of aromatic nitrogens is 1. The highest BCUT2D eigenvalue weighted by Gasteiger charge is 2.34. The van der Waals surface area contributed by atoms with Crippen LogP contribution in [0.1, 0.15) is 43.9 Å². The number of ether oxygens (including phenoxy) is 1. The highest BCUT2D eigenvalue weighted by atomic mass is 127. The highest BCUT2D eigenvalue weighted by Crippen LogP contribution is 2.25. The quantitative estimate of drug-likeness (QED) is 0.280. The Bertz CT molecular complexity index is 771. The summed E-state index contributed by atoms with van der Waals surface area (Å²) in [5.41, 5.74) is 2.50. The standard InChI is InChI=1S/C23H35N5O.HI/c1-4-24-22(25-16-20-10-13-28(3)17-20)26-18-23(11-14-29-15-12-23)27-19(2)21-8-6-5-7-9-21;/h5-10,13,17,19,27H,4,11-12,14-16,18H2,1-3H3,(H2,24,25,26);1H. The molecule has 6 nitrogen and oxygen atoms in total. The average molecular weight is 525 g/mol. The van der Waals surface area contributed by atoms with E-state index >= 15 is 0 Å². The zero-order chi connectivity index (χ0) is 20.5. The maximum Gasteiger partial charge on any atom is 0.191 e. The molecule has 0 saturated carbocycles. The van der Waals surface area contributed by atoms with Gasteiger partial charge in [0.15, 0.2) is 5.96 Å². The number of aryl methyl sites for hydroxylation is 1. The molecule has 3 N–H and O–H groups in total. The van der Waals surface area contributed by atoms with Gasteiger partial charge in [-0.05, 0) is 43.9 Å². The van der Waals surface area contributed by atoms with E-state index in [2.05, 4.69) is 83.2 Å². The largest absolute Gasteiger partial charge is 0.381 e. The van der Waals surface area contributed by atoms with Crippen LogP contribution in [-0.2, 0) is 18.3 Å². The molecule has 0 radical (unpaired) electrons. The Morgan fingerprint density at radius 1 is 1.17 bits per heavy atom. The van der Waals surface area contributed by atoms with Gasteiger partial charge in [0.05, 0.1) is 6.54 Å². The summed E-state index contributed by atoms with van der Waals surface area (Å²) < 4.78 is 7.71. The van der Waals surface area contributed by atoms with Gasteiger partial charge in [0.1, 0.15) is 0 Å². The molecule has 0 amide bonds. The van der Waals surface area contributed by atoms with E-state index in [4.69, 9.17) is 9.73 Å². The molecule has 2 aromatic rings. The van der Waals surface area contributed by atoms with Gasteiger partial charge in [-0.2, -0.15) is 0 Å². The van der Waals surface area contributed by atoms with Gasteiger partial charge in [0.2, 0.25) is 0 Å². The Morgan fingerprint density at radius 3 is 2.53 bits per heavy atom. The Kier molecular flexibility index (Phi) is 10.1. The van der Waals surface area contributed by atoms with E-state index < -0.39 is 0 Å². The maximum atomic E-state index is 5.66. The third-order valence-electron chi connectivity index (χ3n) is 5.52. The van der Waals surface area contributed by atoms with Crippen LogP contribution < -0.4 is 16.0 Å². The Labute approximate surface area is 197 Å². The fourth-order valence-corrected chi connectivity index (χ4v) is 3.84. The van der Waals surface area contributed by atoms with Crippen LogP contribution in [0.3, 0.4) is 0 Å². The molecule has 2 heterocycles. The van der Waals surface area contributed by atoms with Crippen molar-refractivity contribution in [2.24, 2.45) is 12.0 Å². The van der Waals surface area contributed by atoms with E-state index in [0.29, 0.717) is 6.54 Å². The molecule has 1 unspecified atom stereocenters. The number of guanidine groups is 1. The van der Waals surface area contributed by atoms with Crippen LogP contribution in [0.15, 0.2) is 53.8 Å². The molecule has 0 aliphatic carbocycles. The number of hydrogen-bond acceptors (Lipinski definition) is 3. The molecule has 1 atom stereocenters. The Morgan fingerprint density at radius 2 is 1.90 bits per heavy atom. The van der Waals surface area contributed by atoms with Crippen LogP contribution in [0.5, 0.6) is 0 Å². The van der Waals surface area contributed by atoms with Gasteiger partial charge in [-0.25, -0.2) is 4.99 Å². The molecule has 1 aliphatic heterocycles.